The normalized spacial score (nSPS) is 32.5. The molecule has 5 heteroatoms. The minimum absolute atomic E-state index is 0.0846. The smallest absolute Gasteiger partial charge is 0.250 e. The fourth-order valence-corrected chi connectivity index (χ4v) is 3.22. The summed E-state index contributed by atoms with van der Waals surface area (Å²) in [5, 5.41) is 3.18. The van der Waals surface area contributed by atoms with Crippen molar-refractivity contribution in [3.63, 3.8) is 0 Å². The molecule has 2 saturated heterocycles. The Morgan fingerprint density at radius 3 is 2.80 bits per heavy atom. The number of likely N-dealkylation sites (tertiary alicyclic amines) is 1. The average molecular weight is 281 g/mol. The molecule has 1 amide bonds. The molecule has 0 aromatic rings. The van der Waals surface area contributed by atoms with E-state index in [0.29, 0.717) is 12.6 Å². The van der Waals surface area contributed by atoms with E-state index in [1.807, 2.05) is 0 Å². The van der Waals surface area contributed by atoms with Crippen LogP contribution in [0, 0.1) is 5.92 Å². The van der Waals surface area contributed by atoms with E-state index in [2.05, 4.69) is 22.0 Å². The summed E-state index contributed by atoms with van der Waals surface area (Å²) in [5.74, 6) is 1.02. The van der Waals surface area contributed by atoms with Crippen LogP contribution in [-0.4, -0.2) is 73.7 Å². The molecular weight excluding hydrogens is 254 g/mol. The summed E-state index contributed by atoms with van der Waals surface area (Å²) in [4.78, 5) is 17.1. The highest BCUT2D eigenvalue weighted by Crippen LogP contribution is 2.30. The van der Waals surface area contributed by atoms with Gasteiger partial charge in [0.15, 0.2) is 0 Å². The van der Waals surface area contributed by atoms with Crippen LogP contribution in [0.2, 0.25) is 0 Å². The summed E-state index contributed by atoms with van der Waals surface area (Å²) < 4.78 is 5.62. The first-order valence-electron chi connectivity index (χ1n) is 8.11. The van der Waals surface area contributed by atoms with Gasteiger partial charge in [0.25, 0.3) is 5.91 Å². The molecule has 2 aliphatic heterocycles. The summed E-state index contributed by atoms with van der Waals surface area (Å²) in [6, 6.07) is 0.321. The maximum Gasteiger partial charge on any atom is 0.250 e. The molecule has 2 heterocycles. The Hall–Kier alpha value is -0.650. The number of nitrogens with zero attached hydrogens (tertiary/aromatic N) is 2. The van der Waals surface area contributed by atoms with E-state index < -0.39 is 0 Å². The number of carbonyl (C=O) groups excluding carboxylic acids is 1. The van der Waals surface area contributed by atoms with Crippen LogP contribution in [0.3, 0.4) is 0 Å². The largest absolute Gasteiger partial charge is 0.366 e. The second-order valence-corrected chi connectivity index (χ2v) is 6.45. The van der Waals surface area contributed by atoms with Gasteiger partial charge in [-0.15, -0.1) is 0 Å². The monoisotopic (exact) mass is 281 g/mol. The van der Waals surface area contributed by atoms with Gasteiger partial charge >= 0.3 is 0 Å². The number of nitrogens with one attached hydrogen (secondary N) is 1. The molecule has 1 aliphatic carbocycles. The number of carbonyl (C=O) groups is 1. The third-order valence-electron chi connectivity index (χ3n) is 4.72. The first-order valence-corrected chi connectivity index (χ1v) is 8.11. The zero-order valence-electron chi connectivity index (χ0n) is 12.5. The van der Waals surface area contributed by atoms with E-state index in [1.165, 1.54) is 19.4 Å². The molecule has 114 valence electrons. The van der Waals surface area contributed by atoms with E-state index >= 15 is 0 Å². The molecule has 1 saturated carbocycles. The van der Waals surface area contributed by atoms with Crippen molar-refractivity contribution in [2.75, 3.05) is 45.9 Å². The van der Waals surface area contributed by atoms with E-state index in [1.54, 1.807) is 0 Å². The van der Waals surface area contributed by atoms with Crippen molar-refractivity contribution < 1.29 is 9.53 Å². The SMILES string of the molecule is CCN1CCOC(C(=O)NC2CCN(CC3CC3)C2)C1. The number of amides is 1. The Labute approximate surface area is 121 Å². The highest BCUT2D eigenvalue weighted by atomic mass is 16.5. The number of likely N-dealkylation sites (N-methyl/N-ethyl adjacent to an activating group) is 1. The van der Waals surface area contributed by atoms with Gasteiger partial charge in [-0.3, -0.25) is 9.69 Å². The second kappa shape index (κ2) is 6.41. The Kier molecular flexibility index (Phi) is 4.58. The van der Waals surface area contributed by atoms with Gasteiger partial charge < -0.3 is 15.0 Å². The van der Waals surface area contributed by atoms with Gasteiger partial charge in [0.1, 0.15) is 6.10 Å². The van der Waals surface area contributed by atoms with Gasteiger partial charge in [-0.25, -0.2) is 0 Å². The number of morpholine rings is 1. The highest BCUT2D eigenvalue weighted by Gasteiger charge is 2.32. The van der Waals surface area contributed by atoms with Crippen molar-refractivity contribution >= 4 is 5.91 Å². The Balaban J connectivity index is 1.41. The van der Waals surface area contributed by atoms with Crippen LogP contribution in [-0.2, 0) is 9.53 Å². The van der Waals surface area contributed by atoms with Gasteiger partial charge in [-0.05, 0) is 31.7 Å². The molecule has 0 spiro atoms. The lowest BCUT2D eigenvalue weighted by Crippen LogP contribution is -2.52. The third kappa shape index (κ3) is 3.71. The van der Waals surface area contributed by atoms with Crippen molar-refractivity contribution in [2.24, 2.45) is 5.92 Å². The lowest BCUT2D eigenvalue weighted by atomic mass is 10.2. The molecule has 3 rings (SSSR count). The first kappa shape index (κ1) is 14.3. The molecule has 0 radical (unpaired) electrons. The minimum Gasteiger partial charge on any atom is -0.366 e. The number of rotatable bonds is 5. The van der Waals surface area contributed by atoms with Gasteiger partial charge in [-0.2, -0.15) is 0 Å². The molecule has 0 aromatic carbocycles. The zero-order chi connectivity index (χ0) is 13.9. The van der Waals surface area contributed by atoms with Gasteiger partial charge in [0.2, 0.25) is 0 Å². The average Bonchev–Trinajstić information content (AvgIpc) is 3.18. The highest BCUT2D eigenvalue weighted by molar-refractivity contribution is 5.81. The Morgan fingerprint density at radius 1 is 1.20 bits per heavy atom. The molecule has 1 N–H and O–H groups in total. The summed E-state index contributed by atoms with van der Waals surface area (Å²) in [6.45, 7) is 8.86. The van der Waals surface area contributed by atoms with Gasteiger partial charge in [0, 0.05) is 38.8 Å². The van der Waals surface area contributed by atoms with Crippen LogP contribution < -0.4 is 5.32 Å². The van der Waals surface area contributed by atoms with Crippen LogP contribution >= 0.6 is 0 Å². The predicted octanol–water partition coefficient (Wildman–Crippen LogP) is 0.308. The topological polar surface area (TPSA) is 44.8 Å². The number of ether oxygens (including phenoxy) is 1. The molecule has 2 atom stereocenters. The fraction of sp³-hybridized carbons (Fsp3) is 0.933. The fourth-order valence-electron chi connectivity index (χ4n) is 3.22. The van der Waals surface area contributed by atoms with E-state index in [4.69, 9.17) is 4.74 Å². The maximum atomic E-state index is 12.3. The minimum atomic E-state index is -0.277. The lowest BCUT2D eigenvalue weighted by molar-refractivity contribution is -0.139. The number of hydrogen-bond donors (Lipinski definition) is 1. The standard InChI is InChI=1S/C15H27N3O2/c1-2-17-7-8-20-14(11-17)15(19)16-13-5-6-18(10-13)9-12-3-4-12/h12-14H,2-11H2,1H3,(H,16,19). The van der Waals surface area contributed by atoms with Gasteiger partial charge in [-0.1, -0.05) is 6.92 Å². The zero-order valence-corrected chi connectivity index (χ0v) is 12.5. The molecule has 0 aromatic heterocycles. The third-order valence-corrected chi connectivity index (χ3v) is 4.72. The Morgan fingerprint density at radius 2 is 2.05 bits per heavy atom. The molecule has 0 bridgehead atoms. The summed E-state index contributed by atoms with van der Waals surface area (Å²) in [7, 11) is 0. The molecule has 20 heavy (non-hydrogen) atoms. The van der Waals surface area contributed by atoms with E-state index in [0.717, 1.165) is 45.1 Å². The summed E-state index contributed by atoms with van der Waals surface area (Å²) in [5.41, 5.74) is 0. The second-order valence-electron chi connectivity index (χ2n) is 6.45. The molecule has 3 aliphatic rings. The molecule has 3 fully saturated rings. The molecule has 5 nitrogen and oxygen atoms in total. The van der Waals surface area contributed by atoms with E-state index in [9.17, 15) is 4.79 Å². The van der Waals surface area contributed by atoms with Crippen molar-refractivity contribution in [1.29, 1.82) is 0 Å². The van der Waals surface area contributed by atoms with Crippen LogP contribution in [0.1, 0.15) is 26.2 Å². The van der Waals surface area contributed by atoms with Crippen LogP contribution in [0.5, 0.6) is 0 Å². The lowest BCUT2D eigenvalue weighted by Gasteiger charge is -2.31. The van der Waals surface area contributed by atoms with Crippen LogP contribution in [0.25, 0.3) is 0 Å². The van der Waals surface area contributed by atoms with Crippen molar-refractivity contribution in [3.05, 3.63) is 0 Å². The first-order chi connectivity index (χ1) is 9.74. The molecular formula is C15H27N3O2. The summed E-state index contributed by atoms with van der Waals surface area (Å²) in [6.07, 6.45) is 3.61. The van der Waals surface area contributed by atoms with Crippen LogP contribution in [0.4, 0.5) is 0 Å². The van der Waals surface area contributed by atoms with Crippen molar-refractivity contribution in [2.45, 2.75) is 38.3 Å². The van der Waals surface area contributed by atoms with Crippen LogP contribution in [0.15, 0.2) is 0 Å². The maximum absolute atomic E-state index is 12.3. The Bertz CT molecular complexity index is 346. The summed E-state index contributed by atoms with van der Waals surface area (Å²) >= 11 is 0. The number of hydrogen-bond acceptors (Lipinski definition) is 4. The van der Waals surface area contributed by atoms with Crippen molar-refractivity contribution in [3.8, 4) is 0 Å². The van der Waals surface area contributed by atoms with Gasteiger partial charge in [0.05, 0.1) is 6.61 Å². The van der Waals surface area contributed by atoms with Crippen molar-refractivity contribution in [1.82, 2.24) is 15.1 Å². The molecule has 2 unspecified atom stereocenters. The predicted molar refractivity (Wildman–Crippen MR) is 77.6 cm³/mol. The van der Waals surface area contributed by atoms with E-state index in [-0.39, 0.29) is 12.0 Å². The quantitative estimate of drug-likeness (QED) is 0.788.